The molecular weight excluding hydrogens is 448 g/mol. The number of nitrogens with zero attached hydrogens (tertiary/aromatic N) is 1. The summed E-state index contributed by atoms with van der Waals surface area (Å²) < 4.78 is 34.4. The van der Waals surface area contributed by atoms with Crippen LogP contribution < -0.4 is 10.1 Å². The third kappa shape index (κ3) is 5.85. The molecule has 1 N–H and O–H groups in total. The smallest absolute Gasteiger partial charge is 0.243 e. The molecule has 6 nitrogen and oxygen atoms in total. The number of rotatable bonds is 8. The second-order valence-corrected chi connectivity index (χ2v) is 10.5. The largest absolute Gasteiger partial charge is 0.455 e. The lowest BCUT2D eigenvalue weighted by Crippen LogP contribution is -2.45. The van der Waals surface area contributed by atoms with E-state index in [0.29, 0.717) is 17.2 Å². The molecule has 0 bridgehead atoms. The van der Waals surface area contributed by atoms with E-state index in [9.17, 15) is 13.2 Å². The van der Waals surface area contributed by atoms with Gasteiger partial charge in [0, 0.05) is 6.04 Å². The van der Waals surface area contributed by atoms with E-state index < -0.39 is 15.9 Å². The molecule has 7 heteroatoms. The van der Waals surface area contributed by atoms with Gasteiger partial charge in [0.15, 0.2) is 5.75 Å². The molecular formula is C27H30N2O4S. The van der Waals surface area contributed by atoms with Crippen molar-refractivity contribution < 1.29 is 17.9 Å². The van der Waals surface area contributed by atoms with E-state index in [4.69, 9.17) is 4.74 Å². The van der Waals surface area contributed by atoms with Gasteiger partial charge in [0.25, 0.3) is 0 Å². The van der Waals surface area contributed by atoms with Crippen LogP contribution in [-0.2, 0) is 14.8 Å². The first-order chi connectivity index (χ1) is 16.4. The van der Waals surface area contributed by atoms with Crippen LogP contribution in [0.15, 0.2) is 83.8 Å². The number of ether oxygens (including phenoxy) is 1. The molecule has 3 aromatic rings. The zero-order valence-electron chi connectivity index (χ0n) is 19.3. The van der Waals surface area contributed by atoms with Crippen LogP contribution in [0.1, 0.15) is 37.7 Å². The number of para-hydroxylation sites is 3. The van der Waals surface area contributed by atoms with E-state index in [1.165, 1.54) is 4.31 Å². The molecule has 1 fully saturated rings. The normalized spacial score (nSPS) is 14.6. The van der Waals surface area contributed by atoms with Crippen molar-refractivity contribution in [2.45, 2.75) is 50.0 Å². The molecule has 0 aliphatic heterocycles. The standard InChI is InChI=1S/C27H30N2O4S/c1-21-16-18-24(19-17-21)34(31,32)29(22-10-4-2-5-11-22)20-27(30)28-25-14-8-9-15-26(25)33-23-12-6-3-7-13-23/h3,6-9,12-19,22H,2,4-5,10-11,20H2,1H3,(H,28,30). The number of nitrogens with one attached hydrogen (secondary N) is 1. The fourth-order valence-electron chi connectivity index (χ4n) is 4.23. The Morgan fingerprint density at radius 1 is 0.912 bits per heavy atom. The molecule has 0 spiro atoms. The van der Waals surface area contributed by atoms with Crippen LogP contribution >= 0.6 is 0 Å². The molecule has 3 aromatic carbocycles. The van der Waals surface area contributed by atoms with Crippen LogP contribution in [0.2, 0.25) is 0 Å². The Labute approximate surface area is 201 Å². The highest BCUT2D eigenvalue weighted by Crippen LogP contribution is 2.31. The van der Waals surface area contributed by atoms with Gasteiger partial charge in [0.1, 0.15) is 5.75 Å². The van der Waals surface area contributed by atoms with E-state index in [2.05, 4.69) is 5.32 Å². The van der Waals surface area contributed by atoms with Crippen LogP contribution in [0, 0.1) is 6.92 Å². The first kappa shape index (κ1) is 24.0. The van der Waals surface area contributed by atoms with Crippen LogP contribution in [0.25, 0.3) is 0 Å². The minimum absolute atomic E-state index is 0.193. The van der Waals surface area contributed by atoms with Gasteiger partial charge < -0.3 is 10.1 Å². The summed E-state index contributed by atoms with van der Waals surface area (Å²) in [6.45, 7) is 1.66. The SMILES string of the molecule is Cc1ccc(S(=O)(=O)N(CC(=O)Nc2ccccc2Oc2ccccc2)C2CCCCC2)cc1. The molecule has 0 aromatic heterocycles. The van der Waals surface area contributed by atoms with Crippen molar-refractivity contribution in [1.29, 1.82) is 0 Å². The Morgan fingerprint density at radius 2 is 1.56 bits per heavy atom. The maximum atomic E-state index is 13.6. The maximum absolute atomic E-state index is 13.6. The first-order valence-electron chi connectivity index (χ1n) is 11.6. The molecule has 1 aliphatic rings. The van der Waals surface area contributed by atoms with E-state index in [1.54, 1.807) is 42.5 Å². The topological polar surface area (TPSA) is 75.7 Å². The number of carbonyl (C=O) groups is 1. The lowest BCUT2D eigenvalue weighted by Gasteiger charge is -2.33. The van der Waals surface area contributed by atoms with Crippen molar-refractivity contribution in [3.63, 3.8) is 0 Å². The average Bonchev–Trinajstić information content (AvgIpc) is 2.85. The molecule has 0 saturated heterocycles. The zero-order chi connectivity index (χ0) is 24.0. The van der Waals surface area contributed by atoms with E-state index >= 15 is 0 Å². The van der Waals surface area contributed by atoms with Crippen LogP contribution in [0.4, 0.5) is 5.69 Å². The molecule has 178 valence electrons. The fraction of sp³-hybridized carbons (Fsp3) is 0.296. The summed E-state index contributed by atoms with van der Waals surface area (Å²) in [6.07, 6.45) is 4.52. The summed E-state index contributed by atoms with van der Waals surface area (Å²) in [5, 5.41) is 2.86. The van der Waals surface area contributed by atoms with Gasteiger partial charge in [-0.15, -0.1) is 0 Å². The number of anilines is 1. The number of carbonyl (C=O) groups excluding carboxylic acids is 1. The fourth-order valence-corrected chi connectivity index (χ4v) is 5.87. The van der Waals surface area contributed by atoms with Crippen LogP contribution in [0.3, 0.4) is 0 Å². The summed E-state index contributed by atoms with van der Waals surface area (Å²) in [7, 11) is -3.82. The molecule has 34 heavy (non-hydrogen) atoms. The summed E-state index contributed by atoms with van der Waals surface area (Å²) in [6, 6.07) is 23.0. The molecule has 0 atom stereocenters. The van der Waals surface area contributed by atoms with Gasteiger partial charge in [-0.25, -0.2) is 8.42 Å². The monoisotopic (exact) mass is 478 g/mol. The number of sulfonamides is 1. The molecule has 0 unspecified atom stereocenters. The van der Waals surface area contributed by atoms with Gasteiger partial charge >= 0.3 is 0 Å². The van der Waals surface area contributed by atoms with Crippen LogP contribution in [-0.4, -0.2) is 31.2 Å². The molecule has 1 aliphatic carbocycles. The Kier molecular flexibility index (Phi) is 7.65. The maximum Gasteiger partial charge on any atom is 0.243 e. The van der Waals surface area contributed by atoms with Crippen LogP contribution in [0.5, 0.6) is 11.5 Å². The summed E-state index contributed by atoms with van der Waals surface area (Å²) in [5.74, 6) is 0.744. The second-order valence-electron chi connectivity index (χ2n) is 8.61. The number of amides is 1. The summed E-state index contributed by atoms with van der Waals surface area (Å²) >= 11 is 0. The minimum Gasteiger partial charge on any atom is -0.455 e. The third-order valence-corrected chi connectivity index (χ3v) is 7.95. The number of benzene rings is 3. The van der Waals surface area contributed by atoms with Crippen molar-refractivity contribution in [2.75, 3.05) is 11.9 Å². The Bertz CT molecular complexity index is 1200. The van der Waals surface area contributed by atoms with Crippen molar-refractivity contribution in [2.24, 2.45) is 0 Å². The second kappa shape index (κ2) is 10.8. The Morgan fingerprint density at radius 3 is 2.26 bits per heavy atom. The van der Waals surface area contributed by atoms with Gasteiger partial charge in [0.2, 0.25) is 15.9 Å². The van der Waals surface area contributed by atoms with E-state index in [0.717, 1.165) is 37.7 Å². The Balaban J connectivity index is 1.55. The quantitative estimate of drug-likeness (QED) is 0.447. The van der Waals surface area contributed by atoms with E-state index in [-0.39, 0.29) is 17.5 Å². The van der Waals surface area contributed by atoms with Gasteiger partial charge in [0.05, 0.1) is 17.1 Å². The van der Waals surface area contributed by atoms with E-state index in [1.807, 2.05) is 43.3 Å². The molecule has 4 rings (SSSR count). The predicted molar refractivity (Wildman–Crippen MR) is 134 cm³/mol. The Hall–Kier alpha value is -3.16. The zero-order valence-corrected chi connectivity index (χ0v) is 20.1. The van der Waals surface area contributed by atoms with Gasteiger partial charge in [-0.05, 0) is 56.2 Å². The number of hydrogen-bond donors (Lipinski definition) is 1. The first-order valence-corrected chi connectivity index (χ1v) is 13.1. The minimum atomic E-state index is -3.82. The molecule has 0 radical (unpaired) electrons. The van der Waals surface area contributed by atoms with Gasteiger partial charge in [-0.1, -0.05) is 67.3 Å². The number of hydrogen-bond acceptors (Lipinski definition) is 4. The molecule has 1 saturated carbocycles. The average molecular weight is 479 g/mol. The molecule has 0 heterocycles. The molecule has 1 amide bonds. The highest BCUT2D eigenvalue weighted by atomic mass is 32.2. The highest BCUT2D eigenvalue weighted by Gasteiger charge is 2.34. The third-order valence-electron chi connectivity index (χ3n) is 6.04. The lowest BCUT2D eigenvalue weighted by molar-refractivity contribution is -0.116. The van der Waals surface area contributed by atoms with Crippen molar-refractivity contribution in [3.05, 3.63) is 84.4 Å². The number of aryl methyl sites for hydroxylation is 1. The lowest BCUT2D eigenvalue weighted by atomic mass is 9.95. The van der Waals surface area contributed by atoms with Gasteiger partial charge in [-0.3, -0.25) is 4.79 Å². The predicted octanol–water partition coefficient (Wildman–Crippen LogP) is 5.75. The highest BCUT2D eigenvalue weighted by molar-refractivity contribution is 7.89. The summed E-state index contributed by atoms with van der Waals surface area (Å²) in [4.78, 5) is 13.3. The van der Waals surface area contributed by atoms with Gasteiger partial charge in [-0.2, -0.15) is 4.31 Å². The van der Waals surface area contributed by atoms with Crippen molar-refractivity contribution >= 4 is 21.6 Å². The van der Waals surface area contributed by atoms with Crippen molar-refractivity contribution in [3.8, 4) is 11.5 Å². The summed E-state index contributed by atoms with van der Waals surface area (Å²) in [5.41, 5.74) is 1.48. The van der Waals surface area contributed by atoms with Crippen molar-refractivity contribution in [1.82, 2.24) is 4.31 Å².